The molecule has 5 nitrogen and oxygen atoms in total. The lowest BCUT2D eigenvalue weighted by atomic mass is 9.82. The molecule has 5 heteroatoms. The van der Waals surface area contributed by atoms with Crippen LogP contribution in [0.2, 0.25) is 0 Å². The van der Waals surface area contributed by atoms with Crippen LogP contribution in [0.3, 0.4) is 0 Å². The van der Waals surface area contributed by atoms with Gasteiger partial charge in [0.2, 0.25) is 0 Å². The quantitative estimate of drug-likeness (QED) is 0.593. The van der Waals surface area contributed by atoms with E-state index in [2.05, 4.69) is 13.0 Å². The zero-order valence-corrected chi connectivity index (χ0v) is 17.3. The zero-order chi connectivity index (χ0) is 20.6. The Bertz CT molecular complexity index is 835. The van der Waals surface area contributed by atoms with Gasteiger partial charge < -0.3 is 19.7 Å². The van der Waals surface area contributed by atoms with Gasteiger partial charge in [0.05, 0.1) is 18.3 Å². The number of carbonyl (C=O) groups excluding carboxylic acids is 1. The van der Waals surface area contributed by atoms with E-state index in [9.17, 15) is 15.0 Å². The van der Waals surface area contributed by atoms with Crippen molar-refractivity contribution in [3.63, 3.8) is 0 Å². The number of methoxy groups -OCH3 is 1. The van der Waals surface area contributed by atoms with Crippen LogP contribution >= 0.6 is 0 Å². The Morgan fingerprint density at radius 2 is 2.00 bits per heavy atom. The van der Waals surface area contributed by atoms with E-state index >= 15 is 0 Å². The first-order valence-electron chi connectivity index (χ1n) is 9.83. The highest BCUT2D eigenvalue weighted by atomic mass is 16.5. The predicted molar refractivity (Wildman–Crippen MR) is 107 cm³/mol. The monoisotopic (exact) mass is 386 g/mol. The molecule has 0 fully saturated rings. The molecule has 0 radical (unpaired) electrons. The average Bonchev–Trinajstić information content (AvgIpc) is 2.81. The van der Waals surface area contributed by atoms with Crippen molar-refractivity contribution in [1.29, 1.82) is 0 Å². The fraction of sp³-hybridized carbons (Fsp3) is 0.522. The highest BCUT2D eigenvalue weighted by molar-refractivity contribution is 5.90. The van der Waals surface area contributed by atoms with Gasteiger partial charge in [-0.25, -0.2) is 4.79 Å². The third-order valence-corrected chi connectivity index (χ3v) is 6.38. The van der Waals surface area contributed by atoms with Crippen LogP contribution in [0.4, 0.5) is 0 Å². The molecule has 0 saturated carbocycles. The molecular formula is C23H30O5. The van der Waals surface area contributed by atoms with Crippen LogP contribution in [0.15, 0.2) is 41.0 Å². The molecule has 0 amide bonds. The van der Waals surface area contributed by atoms with Gasteiger partial charge in [-0.2, -0.15) is 0 Å². The molecule has 0 bridgehead atoms. The number of hydrogen-bond donors (Lipinski definition) is 2. The summed E-state index contributed by atoms with van der Waals surface area (Å²) in [5.74, 6) is -0.141. The number of benzene rings is 1. The number of phenols is 1. The minimum atomic E-state index is -0.856. The molecule has 3 atom stereocenters. The van der Waals surface area contributed by atoms with Crippen LogP contribution < -0.4 is 4.74 Å². The molecule has 2 aliphatic carbocycles. The van der Waals surface area contributed by atoms with Crippen molar-refractivity contribution in [2.24, 2.45) is 11.8 Å². The number of aromatic hydroxyl groups is 1. The van der Waals surface area contributed by atoms with Gasteiger partial charge in [-0.1, -0.05) is 31.1 Å². The molecule has 0 spiro atoms. The van der Waals surface area contributed by atoms with Crippen LogP contribution in [-0.2, 0) is 4.74 Å². The largest absolute Gasteiger partial charge is 0.504 e. The van der Waals surface area contributed by atoms with Gasteiger partial charge in [-0.3, -0.25) is 0 Å². The molecule has 0 heterocycles. The molecule has 0 aromatic heterocycles. The number of esters is 1. The second kappa shape index (κ2) is 7.63. The summed E-state index contributed by atoms with van der Waals surface area (Å²) < 4.78 is 11.0. The molecule has 2 aliphatic rings. The first-order chi connectivity index (χ1) is 13.2. The third-order valence-electron chi connectivity index (χ3n) is 6.38. The molecule has 2 N–H and O–H groups in total. The van der Waals surface area contributed by atoms with E-state index in [-0.39, 0.29) is 29.4 Å². The third kappa shape index (κ3) is 3.55. The van der Waals surface area contributed by atoms with Gasteiger partial charge in [0.25, 0.3) is 0 Å². The predicted octanol–water partition coefficient (Wildman–Crippen LogP) is 4.39. The van der Waals surface area contributed by atoms with Crippen molar-refractivity contribution in [2.75, 3.05) is 7.11 Å². The molecular weight excluding hydrogens is 356 g/mol. The molecule has 0 unspecified atom stereocenters. The smallest absolute Gasteiger partial charge is 0.338 e. The number of ether oxygens (including phenoxy) is 2. The van der Waals surface area contributed by atoms with E-state index in [1.54, 1.807) is 0 Å². The van der Waals surface area contributed by atoms with Gasteiger partial charge in [-0.05, 0) is 56.4 Å². The SMILES string of the molecule is COc1cc(C(=O)O[C@H]2CC(C)=CCC3=C(C)[C@@](O)(C(C)C)C[C@@H]32)ccc1O. The van der Waals surface area contributed by atoms with Crippen molar-refractivity contribution < 1.29 is 24.5 Å². The molecule has 0 aliphatic heterocycles. The number of rotatable bonds is 4. The normalized spacial score (nSPS) is 27.3. The molecule has 1 aromatic carbocycles. The van der Waals surface area contributed by atoms with Crippen molar-refractivity contribution in [1.82, 2.24) is 0 Å². The Labute approximate surface area is 166 Å². The van der Waals surface area contributed by atoms with E-state index in [4.69, 9.17) is 9.47 Å². The van der Waals surface area contributed by atoms with E-state index in [0.29, 0.717) is 18.4 Å². The summed E-state index contributed by atoms with van der Waals surface area (Å²) in [6.45, 7) is 8.11. The molecule has 152 valence electrons. The highest BCUT2D eigenvalue weighted by Gasteiger charge is 2.48. The fourth-order valence-electron chi connectivity index (χ4n) is 4.46. The van der Waals surface area contributed by atoms with Crippen molar-refractivity contribution in [3.05, 3.63) is 46.6 Å². The van der Waals surface area contributed by atoms with Gasteiger partial charge in [0.1, 0.15) is 6.10 Å². The van der Waals surface area contributed by atoms with Crippen LogP contribution in [0.1, 0.15) is 57.3 Å². The maximum absolute atomic E-state index is 12.8. The zero-order valence-electron chi connectivity index (χ0n) is 17.3. The number of aliphatic hydroxyl groups is 1. The van der Waals surface area contributed by atoms with Gasteiger partial charge in [-0.15, -0.1) is 0 Å². The first-order valence-corrected chi connectivity index (χ1v) is 9.83. The Hall–Kier alpha value is -2.27. The van der Waals surface area contributed by atoms with Crippen molar-refractivity contribution in [2.45, 2.75) is 58.7 Å². The highest BCUT2D eigenvalue weighted by Crippen LogP contribution is 2.49. The van der Waals surface area contributed by atoms with Crippen LogP contribution in [0.5, 0.6) is 11.5 Å². The van der Waals surface area contributed by atoms with Crippen molar-refractivity contribution in [3.8, 4) is 11.5 Å². The van der Waals surface area contributed by atoms with Crippen LogP contribution in [-0.4, -0.2) is 35.0 Å². The topological polar surface area (TPSA) is 76.0 Å². The summed E-state index contributed by atoms with van der Waals surface area (Å²) in [5.41, 5.74) is 2.87. The van der Waals surface area contributed by atoms with E-state index in [1.807, 2.05) is 20.8 Å². The summed E-state index contributed by atoms with van der Waals surface area (Å²) in [6, 6.07) is 4.44. The van der Waals surface area contributed by atoms with E-state index < -0.39 is 11.6 Å². The molecule has 28 heavy (non-hydrogen) atoms. The minimum Gasteiger partial charge on any atom is -0.504 e. The maximum Gasteiger partial charge on any atom is 0.338 e. The number of allylic oxidation sites excluding steroid dienone is 1. The Morgan fingerprint density at radius 3 is 2.64 bits per heavy atom. The molecule has 0 saturated heterocycles. The van der Waals surface area contributed by atoms with E-state index in [0.717, 1.165) is 12.0 Å². The van der Waals surface area contributed by atoms with Gasteiger partial charge in [0, 0.05) is 12.3 Å². The second-order valence-electron chi connectivity index (χ2n) is 8.33. The van der Waals surface area contributed by atoms with Gasteiger partial charge >= 0.3 is 5.97 Å². The number of phenolic OH excluding ortho intramolecular Hbond substituents is 1. The number of hydrogen-bond acceptors (Lipinski definition) is 5. The number of fused-ring (bicyclic) bond motifs is 1. The maximum atomic E-state index is 12.8. The Morgan fingerprint density at radius 1 is 1.29 bits per heavy atom. The first kappa shape index (κ1) is 20.5. The lowest BCUT2D eigenvalue weighted by Gasteiger charge is -2.31. The Kier molecular flexibility index (Phi) is 5.57. The molecule has 1 aromatic rings. The van der Waals surface area contributed by atoms with Crippen LogP contribution in [0.25, 0.3) is 0 Å². The average molecular weight is 386 g/mol. The van der Waals surface area contributed by atoms with Gasteiger partial charge in [0.15, 0.2) is 11.5 Å². The standard InChI is InChI=1S/C23H30O5/c1-13(2)23(26)12-18-17(15(23)4)8-6-14(3)10-20(18)28-22(25)16-7-9-19(24)21(11-16)27-5/h6-7,9,11,13,18,20,24,26H,8,10,12H2,1-5H3/t18-,20-,23-/m0/s1. The summed E-state index contributed by atoms with van der Waals surface area (Å²) >= 11 is 0. The van der Waals surface area contributed by atoms with Crippen LogP contribution in [0, 0.1) is 11.8 Å². The summed E-state index contributed by atoms with van der Waals surface area (Å²) in [6.07, 6.45) is 3.86. The number of carbonyl (C=O) groups is 1. The molecule has 3 rings (SSSR count). The lowest BCUT2D eigenvalue weighted by Crippen LogP contribution is -2.36. The second-order valence-corrected chi connectivity index (χ2v) is 8.33. The summed E-state index contributed by atoms with van der Waals surface area (Å²) in [5, 5.41) is 21.0. The lowest BCUT2D eigenvalue weighted by molar-refractivity contribution is -0.00814. The van der Waals surface area contributed by atoms with Crippen molar-refractivity contribution >= 4 is 5.97 Å². The van der Waals surface area contributed by atoms with E-state index in [1.165, 1.54) is 36.5 Å². The summed E-state index contributed by atoms with van der Waals surface area (Å²) in [7, 11) is 1.44. The minimum absolute atomic E-state index is 0.00376. The fourth-order valence-corrected chi connectivity index (χ4v) is 4.46. The Balaban J connectivity index is 1.89. The summed E-state index contributed by atoms with van der Waals surface area (Å²) in [4.78, 5) is 12.8.